The number of nitrogens with two attached hydrogens (primary N) is 2. The lowest BCUT2D eigenvalue weighted by atomic mass is 9.79. The Morgan fingerprint density at radius 1 is 0.518 bits per heavy atom. The third-order valence-electron chi connectivity index (χ3n) is 9.63. The number of halogens is 3. The van der Waals surface area contributed by atoms with E-state index in [1.165, 1.54) is 0 Å². The number of fused-ring (bicyclic) bond motifs is 2. The number of benzene rings is 6. The van der Waals surface area contributed by atoms with Gasteiger partial charge in [-0.05, 0) is 135 Å². The van der Waals surface area contributed by atoms with Crippen LogP contribution >= 0.6 is 39.1 Å². The lowest BCUT2D eigenvalue weighted by Gasteiger charge is -2.32. The molecule has 4 N–H and O–H groups in total. The molecule has 1 aliphatic heterocycles. The number of hydrogen-bond acceptors (Lipinski definition) is 8. The second kappa shape index (κ2) is 16.2. The summed E-state index contributed by atoms with van der Waals surface area (Å²) < 4.78 is 24.3. The van der Waals surface area contributed by atoms with Gasteiger partial charge in [0.2, 0.25) is 11.8 Å². The number of nitrogens with zero attached hydrogens (tertiary/aromatic N) is 2. The van der Waals surface area contributed by atoms with E-state index >= 15 is 0 Å². The first-order chi connectivity index (χ1) is 26.7. The maximum Gasteiger partial charge on any atom is 0.494 e. The van der Waals surface area contributed by atoms with E-state index in [4.69, 9.17) is 52.8 Å². The van der Waals surface area contributed by atoms with E-state index in [0.717, 1.165) is 60.2 Å². The third-order valence-corrected chi connectivity index (χ3v) is 10.6. The van der Waals surface area contributed by atoms with E-state index in [1.54, 1.807) is 24.3 Å². The van der Waals surface area contributed by atoms with Crippen molar-refractivity contribution < 1.29 is 18.1 Å². The fourth-order valence-electron chi connectivity index (χ4n) is 5.75. The van der Waals surface area contributed by atoms with Crippen LogP contribution in [0.5, 0.6) is 0 Å². The molecular formula is C44H38BBrCl2N4O4. The van der Waals surface area contributed by atoms with E-state index < -0.39 is 0 Å². The first kappa shape index (κ1) is 39.2. The molecule has 0 amide bonds. The molecule has 9 rings (SSSR count). The lowest BCUT2D eigenvalue weighted by Crippen LogP contribution is -2.41. The second-order valence-electron chi connectivity index (χ2n) is 14.2. The summed E-state index contributed by atoms with van der Waals surface area (Å²) in [5.74, 6) is 1.20. The molecule has 1 saturated heterocycles. The van der Waals surface area contributed by atoms with Gasteiger partial charge in [-0.1, -0.05) is 75.5 Å². The molecule has 8 nitrogen and oxygen atoms in total. The molecule has 0 bridgehead atoms. The number of aromatic nitrogens is 2. The molecule has 0 aliphatic carbocycles. The smallest absolute Gasteiger partial charge is 0.436 e. The standard InChI is InChI=1S/C19H13ClN2O.C13H7BrClNO.C12H18BNO2/c20-15-7-10-17-18(11-15)23-19(22-17)14-3-1-12(2-4-14)13-5-8-16(21)9-6-13;14-9-3-1-8(2-4-9)13-16-11-7-10(15)5-6-12(11)17-13;1-11(2)12(3,4)16-13(15-11)9-5-7-10(14)8-6-9/h1-11H,21H2;1-7H;5-8H,14H2,1-4H3. The van der Waals surface area contributed by atoms with Crippen LogP contribution < -0.4 is 16.9 Å². The van der Waals surface area contributed by atoms with Crippen LogP contribution in [0.1, 0.15) is 27.7 Å². The maximum atomic E-state index is 5.98. The molecule has 56 heavy (non-hydrogen) atoms. The Morgan fingerprint density at radius 3 is 1.55 bits per heavy atom. The van der Waals surface area contributed by atoms with Gasteiger partial charge in [-0.25, -0.2) is 9.97 Å². The Bertz CT molecular complexity index is 2580. The van der Waals surface area contributed by atoms with Crippen molar-refractivity contribution in [3.63, 3.8) is 0 Å². The van der Waals surface area contributed by atoms with Crippen LogP contribution in [0, 0.1) is 0 Å². The minimum Gasteiger partial charge on any atom is -0.436 e. The largest absolute Gasteiger partial charge is 0.494 e. The quantitative estimate of drug-likeness (QED) is 0.133. The average Bonchev–Trinajstić information content (AvgIpc) is 3.85. The molecular weight excluding hydrogens is 810 g/mol. The highest BCUT2D eigenvalue weighted by Crippen LogP contribution is 2.36. The summed E-state index contributed by atoms with van der Waals surface area (Å²) in [6.45, 7) is 8.18. The normalized spacial score (nSPS) is 14.2. The molecule has 0 unspecified atom stereocenters. The zero-order valence-electron chi connectivity index (χ0n) is 31.1. The van der Waals surface area contributed by atoms with Gasteiger partial charge in [0.1, 0.15) is 11.0 Å². The van der Waals surface area contributed by atoms with E-state index in [1.807, 2.05) is 137 Å². The van der Waals surface area contributed by atoms with Crippen molar-refractivity contribution >= 4 is 85.3 Å². The number of nitrogen functional groups attached to an aromatic ring is 2. The Balaban J connectivity index is 0.000000132. The first-order valence-electron chi connectivity index (χ1n) is 17.8. The van der Waals surface area contributed by atoms with E-state index in [-0.39, 0.29) is 18.3 Å². The molecule has 0 atom stereocenters. The Labute approximate surface area is 344 Å². The molecule has 8 aromatic rings. The summed E-state index contributed by atoms with van der Waals surface area (Å²) in [7, 11) is -0.300. The molecule has 6 aromatic carbocycles. The highest BCUT2D eigenvalue weighted by Gasteiger charge is 2.51. The van der Waals surface area contributed by atoms with Gasteiger partial charge in [-0.2, -0.15) is 0 Å². The third kappa shape index (κ3) is 8.96. The summed E-state index contributed by atoms with van der Waals surface area (Å²) >= 11 is 15.3. The average molecular weight is 848 g/mol. The van der Waals surface area contributed by atoms with Crippen molar-refractivity contribution in [1.82, 2.24) is 9.97 Å². The molecule has 12 heteroatoms. The minimum atomic E-state index is -0.300. The van der Waals surface area contributed by atoms with E-state index in [2.05, 4.69) is 25.9 Å². The van der Waals surface area contributed by atoms with Gasteiger partial charge in [-0.3, -0.25) is 0 Å². The van der Waals surface area contributed by atoms with Crippen LogP contribution in [0.15, 0.2) is 147 Å². The predicted octanol–water partition coefficient (Wildman–Crippen LogP) is 11.9. The lowest BCUT2D eigenvalue weighted by molar-refractivity contribution is 0.00578. The van der Waals surface area contributed by atoms with Gasteiger partial charge in [0.25, 0.3) is 0 Å². The number of anilines is 2. The molecule has 3 heterocycles. The van der Waals surface area contributed by atoms with Crippen molar-refractivity contribution in [2.75, 3.05) is 11.5 Å². The molecule has 0 spiro atoms. The van der Waals surface area contributed by atoms with Crippen molar-refractivity contribution in [2.24, 2.45) is 0 Å². The molecule has 1 fully saturated rings. The fourth-order valence-corrected chi connectivity index (χ4v) is 6.34. The van der Waals surface area contributed by atoms with Crippen LogP contribution in [0.2, 0.25) is 10.0 Å². The van der Waals surface area contributed by atoms with Crippen LogP contribution in [-0.4, -0.2) is 28.3 Å². The number of rotatable bonds is 4. The monoisotopic (exact) mass is 846 g/mol. The Morgan fingerprint density at radius 2 is 0.964 bits per heavy atom. The van der Waals surface area contributed by atoms with Crippen LogP contribution in [-0.2, 0) is 9.31 Å². The topological polar surface area (TPSA) is 123 Å². The zero-order chi connectivity index (χ0) is 39.6. The van der Waals surface area contributed by atoms with Crippen molar-refractivity contribution in [2.45, 2.75) is 38.9 Å². The summed E-state index contributed by atoms with van der Waals surface area (Å²) in [5, 5.41) is 1.30. The molecule has 0 saturated carbocycles. The minimum absolute atomic E-state index is 0.293. The maximum absolute atomic E-state index is 5.98. The summed E-state index contributed by atoms with van der Waals surface area (Å²) in [6.07, 6.45) is 0. The summed E-state index contributed by atoms with van der Waals surface area (Å²) in [6, 6.07) is 42.2. The van der Waals surface area contributed by atoms with Gasteiger partial charge in [0.15, 0.2) is 11.2 Å². The molecule has 1 aliphatic rings. The summed E-state index contributed by atoms with van der Waals surface area (Å²) in [5.41, 5.74) is 20.4. The number of hydrogen-bond donors (Lipinski definition) is 2. The van der Waals surface area contributed by atoms with Crippen LogP contribution in [0.4, 0.5) is 11.4 Å². The van der Waals surface area contributed by atoms with Crippen LogP contribution in [0.3, 0.4) is 0 Å². The molecule has 2 aromatic heterocycles. The van der Waals surface area contributed by atoms with Gasteiger partial charge in [0, 0.05) is 43.1 Å². The Kier molecular flexibility index (Phi) is 11.3. The van der Waals surface area contributed by atoms with Gasteiger partial charge < -0.3 is 29.6 Å². The number of oxazole rings is 2. The summed E-state index contributed by atoms with van der Waals surface area (Å²) in [4.78, 5) is 8.90. The SMILES string of the molecule is CC1(C)OB(c2ccc(N)cc2)OC1(C)C.Clc1ccc2oc(-c3ccc(Br)cc3)nc2c1.Nc1ccc(-c2ccc(-c3nc4ccc(Cl)cc4o3)cc2)cc1. The molecule has 0 radical (unpaired) electrons. The van der Waals surface area contributed by atoms with E-state index in [9.17, 15) is 0 Å². The highest BCUT2D eigenvalue weighted by molar-refractivity contribution is 9.10. The van der Waals surface area contributed by atoms with Crippen LogP contribution in [0.25, 0.3) is 56.2 Å². The van der Waals surface area contributed by atoms with Gasteiger partial charge in [0.05, 0.1) is 11.2 Å². The zero-order valence-corrected chi connectivity index (χ0v) is 34.2. The van der Waals surface area contributed by atoms with Gasteiger partial charge in [-0.15, -0.1) is 0 Å². The first-order valence-corrected chi connectivity index (χ1v) is 19.3. The highest BCUT2D eigenvalue weighted by atomic mass is 79.9. The molecule has 282 valence electrons. The fraction of sp³-hybridized carbons (Fsp3) is 0.136. The van der Waals surface area contributed by atoms with Gasteiger partial charge >= 0.3 is 7.12 Å². The van der Waals surface area contributed by atoms with Crippen molar-refractivity contribution in [3.05, 3.63) is 148 Å². The van der Waals surface area contributed by atoms with Crippen molar-refractivity contribution in [3.8, 4) is 34.0 Å². The Hall–Kier alpha value is -5.10. The second-order valence-corrected chi connectivity index (χ2v) is 16.0. The van der Waals surface area contributed by atoms with Crippen molar-refractivity contribution in [1.29, 1.82) is 0 Å². The van der Waals surface area contributed by atoms with E-state index in [0.29, 0.717) is 27.4 Å². The predicted molar refractivity (Wildman–Crippen MR) is 233 cm³/mol.